The normalized spacial score (nSPS) is 12.9. The first kappa shape index (κ1) is 14.0. The van der Waals surface area contributed by atoms with Gasteiger partial charge >= 0.3 is 0 Å². The third kappa shape index (κ3) is 2.48. The number of benzene rings is 2. The van der Waals surface area contributed by atoms with Crippen LogP contribution in [0.1, 0.15) is 21.5 Å². The Hall–Kier alpha value is -0.950. The Morgan fingerprint density at radius 1 is 1.25 bits per heavy atom. The molecule has 2 aromatic rings. The van der Waals surface area contributed by atoms with Crippen LogP contribution in [0, 0.1) is 9.39 Å². The molecule has 102 valence electrons. The fourth-order valence-corrected chi connectivity index (χ4v) is 3.48. The summed E-state index contributed by atoms with van der Waals surface area (Å²) >= 11 is 5.39. The second-order valence-electron chi connectivity index (χ2n) is 4.49. The lowest BCUT2D eigenvalue weighted by Gasteiger charge is -2.09. The monoisotopic (exact) mass is 446 g/mol. The third-order valence-corrected chi connectivity index (χ3v) is 4.52. The van der Waals surface area contributed by atoms with Gasteiger partial charge in [0.25, 0.3) is 0 Å². The van der Waals surface area contributed by atoms with Crippen LogP contribution in [0.3, 0.4) is 0 Å². The van der Waals surface area contributed by atoms with Crippen LogP contribution in [0.15, 0.2) is 34.8 Å². The van der Waals surface area contributed by atoms with E-state index in [0.717, 1.165) is 16.5 Å². The van der Waals surface area contributed by atoms with Gasteiger partial charge in [0.1, 0.15) is 11.6 Å². The highest BCUT2D eigenvalue weighted by Gasteiger charge is 2.24. The minimum Gasteiger partial charge on any atom is -0.492 e. The molecule has 0 bridgehead atoms. The van der Waals surface area contributed by atoms with Gasteiger partial charge in [0, 0.05) is 20.0 Å². The van der Waals surface area contributed by atoms with E-state index in [0.29, 0.717) is 27.1 Å². The maximum Gasteiger partial charge on any atom is 0.197 e. The molecule has 0 fully saturated rings. The zero-order chi connectivity index (χ0) is 14.3. The van der Waals surface area contributed by atoms with Crippen LogP contribution in [-0.4, -0.2) is 12.4 Å². The third-order valence-electron chi connectivity index (χ3n) is 3.17. The molecule has 2 nitrogen and oxygen atoms in total. The van der Waals surface area contributed by atoms with Crippen molar-refractivity contribution in [2.75, 3.05) is 6.61 Å². The van der Waals surface area contributed by atoms with Crippen molar-refractivity contribution in [2.45, 2.75) is 6.42 Å². The van der Waals surface area contributed by atoms with Crippen molar-refractivity contribution in [2.24, 2.45) is 0 Å². The highest BCUT2D eigenvalue weighted by molar-refractivity contribution is 14.1. The van der Waals surface area contributed by atoms with Gasteiger partial charge in [-0.15, -0.1) is 0 Å². The molecule has 0 radical (unpaired) electrons. The van der Waals surface area contributed by atoms with Crippen LogP contribution in [0.5, 0.6) is 5.75 Å². The molecule has 20 heavy (non-hydrogen) atoms. The second-order valence-corrected chi connectivity index (χ2v) is 6.57. The number of hydrogen-bond acceptors (Lipinski definition) is 2. The number of ether oxygens (including phenoxy) is 1. The molecule has 2 aromatic carbocycles. The fourth-order valence-electron chi connectivity index (χ4n) is 2.26. The van der Waals surface area contributed by atoms with Gasteiger partial charge in [0.05, 0.1) is 12.2 Å². The summed E-state index contributed by atoms with van der Waals surface area (Å²) < 4.78 is 20.2. The van der Waals surface area contributed by atoms with Crippen molar-refractivity contribution in [3.05, 3.63) is 60.9 Å². The minimum absolute atomic E-state index is 0.145. The quantitative estimate of drug-likeness (QED) is 0.506. The lowest BCUT2D eigenvalue weighted by Crippen LogP contribution is -2.06. The van der Waals surface area contributed by atoms with Crippen LogP contribution in [0.25, 0.3) is 0 Å². The Kier molecular flexibility index (Phi) is 3.81. The average molecular weight is 447 g/mol. The molecule has 0 aliphatic carbocycles. The van der Waals surface area contributed by atoms with E-state index in [2.05, 4.69) is 15.9 Å². The van der Waals surface area contributed by atoms with Crippen molar-refractivity contribution in [3.8, 4) is 5.75 Å². The highest BCUT2D eigenvalue weighted by atomic mass is 127. The Bertz CT molecular complexity index is 715. The molecule has 0 saturated carbocycles. The number of rotatable bonds is 2. The van der Waals surface area contributed by atoms with E-state index in [1.165, 1.54) is 18.2 Å². The zero-order valence-electron chi connectivity index (χ0n) is 10.3. The predicted molar refractivity (Wildman–Crippen MR) is 85.9 cm³/mol. The molecule has 0 saturated heterocycles. The van der Waals surface area contributed by atoms with Crippen LogP contribution in [0.2, 0.25) is 0 Å². The van der Waals surface area contributed by atoms with E-state index in [-0.39, 0.29) is 11.6 Å². The lowest BCUT2D eigenvalue weighted by molar-refractivity contribution is 0.103. The van der Waals surface area contributed by atoms with E-state index in [1.807, 2.05) is 28.7 Å². The SMILES string of the molecule is O=C(c1ccc(F)cc1I)c1cc(Br)cc2c1OCC2. The van der Waals surface area contributed by atoms with Gasteiger partial charge in [0.2, 0.25) is 0 Å². The van der Waals surface area contributed by atoms with E-state index in [1.54, 1.807) is 6.07 Å². The molecule has 0 unspecified atom stereocenters. The highest BCUT2D eigenvalue weighted by Crippen LogP contribution is 2.34. The van der Waals surface area contributed by atoms with Gasteiger partial charge in [-0.1, -0.05) is 15.9 Å². The van der Waals surface area contributed by atoms with Crippen molar-refractivity contribution in [1.82, 2.24) is 0 Å². The number of carbonyl (C=O) groups excluding carboxylic acids is 1. The first-order valence-corrected chi connectivity index (χ1v) is 7.88. The molecule has 3 rings (SSSR count). The zero-order valence-corrected chi connectivity index (χ0v) is 14.0. The van der Waals surface area contributed by atoms with E-state index in [4.69, 9.17) is 4.74 Å². The molecular weight excluding hydrogens is 438 g/mol. The van der Waals surface area contributed by atoms with Gasteiger partial charge < -0.3 is 4.74 Å². The Morgan fingerprint density at radius 3 is 2.80 bits per heavy atom. The van der Waals surface area contributed by atoms with Crippen molar-refractivity contribution in [1.29, 1.82) is 0 Å². The van der Waals surface area contributed by atoms with Crippen LogP contribution in [0.4, 0.5) is 4.39 Å². The number of carbonyl (C=O) groups is 1. The van der Waals surface area contributed by atoms with Crippen molar-refractivity contribution in [3.63, 3.8) is 0 Å². The topological polar surface area (TPSA) is 26.3 Å². The molecule has 1 aliphatic rings. The molecule has 0 spiro atoms. The second kappa shape index (κ2) is 5.44. The van der Waals surface area contributed by atoms with Gasteiger partial charge in [-0.2, -0.15) is 0 Å². The first-order chi connectivity index (χ1) is 9.56. The lowest BCUT2D eigenvalue weighted by atomic mass is 10.00. The Morgan fingerprint density at radius 2 is 2.05 bits per heavy atom. The van der Waals surface area contributed by atoms with E-state index in [9.17, 15) is 9.18 Å². The van der Waals surface area contributed by atoms with Gasteiger partial charge in [0.15, 0.2) is 5.78 Å². The predicted octanol–water partition coefficient (Wildman–Crippen LogP) is 4.36. The van der Waals surface area contributed by atoms with E-state index >= 15 is 0 Å². The summed E-state index contributed by atoms with van der Waals surface area (Å²) in [5.74, 6) is 0.161. The summed E-state index contributed by atoms with van der Waals surface area (Å²) in [5.41, 5.74) is 2.04. The maximum absolute atomic E-state index is 13.1. The Balaban J connectivity index is 2.11. The minimum atomic E-state index is -0.346. The molecule has 1 heterocycles. The summed E-state index contributed by atoms with van der Waals surface area (Å²) in [6.45, 7) is 0.590. The molecule has 1 aliphatic heterocycles. The van der Waals surface area contributed by atoms with Gasteiger partial charge in [-0.05, 0) is 58.5 Å². The summed E-state index contributed by atoms with van der Waals surface area (Å²) in [5, 5.41) is 0. The first-order valence-electron chi connectivity index (χ1n) is 6.01. The fraction of sp³-hybridized carbons (Fsp3) is 0.133. The number of fused-ring (bicyclic) bond motifs is 1. The Labute approximate surface area is 137 Å². The summed E-state index contributed by atoms with van der Waals surface area (Å²) in [4.78, 5) is 12.7. The smallest absolute Gasteiger partial charge is 0.197 e. The maximum atomic E-state index is 13.1. The number of hydrogen-bond donors (Lipinski definition) is 0. The molecule has 0 amide bonds. The average Bonchev–Trinajstić information content (AvgIpc) is 2.85. The molecule has 0 aromatic heterocycles. The summed E-state index contributed by atoms with van der Waals surface area (Å²) in [7, 11) is 0. The van der Waals surface area contributed by atoms with Crippen molar-refractivity contribution < 1.29 is 13.9 Å². The summed E-state index contributed by atoms with van der Waals surface area (Å²) in [6, 6.07) is 7.89. The van der Waals surface area contributed by atoms with Gasteiger partial charge in [-0.25, -0.2) is 4.39 Å². The number of ketones is 1. The standard InChI is InChI=1S/C15H9BrFIO2/c16-9-5-8-3-4-20-15(8)12(6-9)14(19)11-2-1-10(17)7-13(11)18/h1-2,5-7H,3-4H2. The van der Waals surface area contributed by atoms with Gasteiger partial charge in [-0.3, -0.25) is 4.79 Å². The van der Waals surface area contributed by atoms with Crippen LogP contribution < -0.4 is 4.74 Å². The molecule has 0 N–H and O–H groups in total. The van der Waals surface area contributed by atoms with Crippen LogP contribution >= 0.6 is 38.5 Å². The van der Waals surface area contributed by atoms with Crippen LogP contribution in [-0.2, 0) is 6.42 Å². The van der Waals surface area contributed by atoms with E-state index < -0.39 is 0 Å². The summed E-state index contributed by atoms with van der Waals surface area (Å²) in [6.07, 6.45) is 0.801. The molecular formula is C15H9BrFIO2. The molecule has 5 heteroatoms. The largest absolute Gasteiger partial charge is 0.492 e. The molecule has 0 atom stereocenters. The van der Waals surface area contributed by atoms with Crippen molar-refractivity contribution >= 4 is 44.3 Å². The number of halogens is 3.